The fourth-order valence-corrected chi connectivity index (χ4v) is 5.71. The van der Waals surface area contributed by atoms with Crippen molar-refractivity contribution < 1.29 is 13.5 Å². The van der Waals surface area contributed by atoms with Crippen LogP contribution in [0.25, 0.3) is 0 Å². The van der Waals surface area contributed by atoms with Crippen molar-refractivity contribution in [3.8, 4) is 0 Å². The lowest BCUT2D eigenvalue weighted by Gasteiger charge is -2.32. The molecule has 2 atom stereocenters. The SMILES string of the molecule is CCNC1CN(CCC(C)O)Sc2sc(S(N)(=O)=O)cc21. The Kier molecular flexibility index (Phi) is 5.69. The van der Waals surface area contributed by atoms with Gasteiger partial charge in [0.15, 0.2) is 0 Å². The molecule has 1 aliphatic heterocycles. The maximum Gasteiger partial charge on any atom is 0.247 e. The van der Waals surface area contributed by atoms with Crippen molar-refractivity contribution in [3.63, 3.8) is 0 Å². The number of hydrogen-bond donors (Lipinski definition) is 3. The molecule has 1 aliphatic rings. The standard InChI is InChI=1S/C12H21N3O3S3/c1-3-14-10-7-15(5-4-8(2)16)20-12-9(10)6-11(19-12)21(13,17)18/h6,8,10,14,16H,3-5,7H2,1-2H3,(H2,13,17,18). The van der Waals surface area contributed by atoms with Crippen molar-refractivity contribution in [2.45, 2.75) is 40.8 Å². The number of fused-ring (bicyclic) bond motifs is 1. The number of aliphatic hydroxyl groups excluding tert-OH is 1. The van der Waals surface area contributed by atoms with E-state index >= 15 is 0 Å². The molecule has 9 heteroatoms. The van der Waals surface area contributed by atoms with Gasteiger partial charge < -0.3 is 10.4 Å². The van der Waals surface area contributed by atoms with Gasteiger partial charge in [-0.3, -0.25) is 0 Å². The minimum absolute atomic E-state index is 0.0898. The largest absolute Gasteiger partial charge is 0.393 e. The van der Waals surface area contributed by atoms with Crippen LogP contribution in [-0.2, 0) is 10.0 Å². The second-order valence-corrected chi connectivity index (χ2v) is 9.29. The zero-order chi connectivity index (χ0) is 15.6. The van der Waals surface area contributed by atoms with Gasteiger partial charge in [0.1, 0.15) is 4.21 Å². The third-order valence-electron chi connectivity index (χ3n) is 3.20. The summed E-state index contributed by atoms with van der Waals surface area (Å²) < 4.78 is 26.4. The molecular formula is C12H21N3O3S3. The summed E-state index contributed by atoms with van der Waals surface area (Å²) in [5.74, 6) is 0. The summed E-state index contributed by atoms with van der Waals surface area (Å²) in [7, 11) is -3.66. The van der Waals surface area contributed by atoms with Gasteiger partial charge in [-0.05, 0) is 43.5 Å². The van der Waals surface area contributed by atoms with Gasteiger partial charge >= 0.3 is 0 Å². The fourth-order valence-electron chi connectivity index (χ4n) is 2.17. The van der Waals surface area contributed by atoms with E-state index < -0.39 is 10.0 Å². The van der Waals surface area contributed by atoms with Gasteiger partial charge in [0.05, 0.1) is 10.3 Å². The Bertz CT molecular complexity index is 586. The fraction of sp³-hybridized carbons (Fsp3) is 0.667. The van der Waals surface area contributed by atoms with Crippen LogP contribution in [0.2, 0.25) is 0 Å². The lowest BCUT2D eigenvalue weighted by Crippen LogP contribution is -2.35. The molecule has 0 fully saturated rings. The molecule has 0 saturated heterocycles. The molecule has 0 saturated carbocycles. The summed E-state index contributed by atoms with van der Waals surface area (Å²) in [6, 6.07) is 1.77. The number of primary sulfonamides is 1. The van der Waals surface area contributed by atoms with Gasteiger partial charge in [0.25, 0.3) is 0 Å². The topological polar surface area (TPSA) is 95.7 Å². The second kappa shape index (κ2) is 6.95. The molecule has 1 aromatic rings. The Hall–Kier alpha value is -0.160. The van der Waals surface area contributed by atoms with Crippen LogP contribution in [0, 0.1) is 0 Å². The van der Waals surface area contributed by atoms with Crippen LogP contribution in [0.15, 0.2) is 14.5 Å². The van der Waals surface area contributed by atoms with Crippen molar-refractivity contribution in [1.29, 1.82) is 0 Å². The minimum atomic E-state index is -3.66. The number of sulfonamides is 1. The highest BCUT2D eigenvalue weighted by atomic mass is 32.3. The van der Waals surface area contributed by atoms with Crippen LogP contribution in [0.5, 0.6) is 0 Å². The van der Waals surface area contributed by atoms with Gasteiger partial charge in [-0.25, -0.2) is 17.9 Å². The zero-order valence-electron chi connectivity index (χ0n) is 12.1. The van der Waals surface area contributed by atoms with Crippen LogP contribution in [-0.4, -0.2) is 43.6 Å². The van der Waals surface area contributed by atoms with Gasteiger partial charge in [-0.15, -0.1) is 11.3 Å². The summed E-state index contributed by atoms with van der Waals surface area (Å²) in [6.45, 7) is 6.13. The summed E-state index contributed by atoms with van der Waals surface area (Å²) in [5.41, 5.74) is 1.00. The van der Waals surface area contributed by atoms with Crippen LogP contribution < -0.4 is 10.5 Å². The third kappa shape index (κ3) is 4.41. The van der Waals surface area contributed by atoms with Crippen LogP contribution in [0.3, 0.4) is 0 Å². The molecule has 2 unspecified atom stereocenters. The maximum atomic E-state index is 11.5. The number of thiophene rings is 1. The van der Waals surface area contributed by atoms with Crippen molar-refractivity contribution in [2.24, 2.45) is 5.14 Å². The van der Waals surface area contributed by atoms with Crippen LogP contribution >= 0.6 is 23.3 Å². The molecule has 0 amide bonds. The first-order valence-electron chi connectivity index (χ1n) is 6.82. The molecule has 2 heterocycles. The number of rotatable bonds is 6. The number of hydrogen-bond acceptors (Lipinski definition) is 7. The summed E-state index contributed by atoms with van der Waals surface area (Å²) in [4.78, 5) is 0. The number of aliphatic hydroxyl groups is 1. The Balaban J connectivity index is 2.23. The van der Waals surface area contributed by atoms with Gasteiger partial charge in [0.2, 0.25) is 10.0 Å². The lowest BCUT2D eigenvalue weighted by molar-refractivity contribution is 0.174. The van der Waals surface area contributed by atoms with Gasteiger partial charge in [0, 0.05) is 19.1 Å². The van der Waals surface area contributed by atoms with Crippen LogP contribution in [0.1, 0.15) is 31.9 Å². The predicted molar refractivity (Wildman–Crippen MR) is 85.8 cm³/mol. The van der Waals surface area contributed by atoms with E-state index in [1.807, 2.05) is 6.92 Å². The van der Waals surface area contributed by atoms with E-state index in [0.29, 0.717) is 6.42 Å². The third-order valence-corrected chi connectivity index (χ3v) is 7.03. The first-order valence-corrected chi connectivity index (χ1v) is 9.95. The Morgan fingerprint density at radius 2 is 2.33 bits per heavy atom. The first kappa shape index (κ1) is 17.2. The molecule has 0 aliphatic carbocycles. The zero-order valence-corrected chi connectivity index (χ0v) is 14.5. The number of nitrogens with two attached hydrogens (primary N) is 1. The van der Waals surface area contributed by atoms with Crippen molar-refractivity contribution in [3.05, 3.63) is 11.6 Å². The van der Waals surface area contributed by atoms with E-state index in [2.05, 4.69) is 9.62 Å². The second-order valence-electron chi connectivity index (χ2n) is 5.08. The molecule has 21 heavy (non-hydrogen) atoms. The van der Waals surface area contributed by atoms with Gasteiger partial charge in [-0.1, -0.05) is 6.92 Å². The van der Waals surface area contributed by atoms with Crippen molar-refractivity contribution in [2.75, 3.05) is 19.6 Å². The monoisotopic (exact) mass is 351 g/mol. The van der Waals surface area contributed by atoms with E-state index in [0.717, 1.165) is 29.4 Å². The molecular weight excluding hydrogens is 330 g/mol. The van der Waals surface area contributed by atoms with E-state index in [-0.39, 0.29) is 16.4 Å². The summed E-state index contributed by atoms with van der Waals surface area (Å²) >= 11 is 2.76. The molecule has 0 radical (unpaired) electrons. The molecule has 0 spiro atoms. The van der Waals surface area contributed by atoms with E-state index in [4.69, 9.17) is 5.14 Å². The molecule has 4 N–H and O–H groups in total. The minimum Gasteiger partial charge on any atom is -0.393 e. The van der Waals surface area contributed by atoms with E-state index in [1.165, 1.54) is 11.3 Å². The Morgan fingerprint density at radius 3 is 2.90 bits per heavy atom. The first-order chi connectivity index (χ1) is 9.81. The van der Waals surface area contributed by atoms with E-state index in [9.17, 15) is 13.5 Å². The van der Waals surface area contributed by atoms with Crippen molar-refractivity contribution in [1.82, 2.24) is 9.62 Å². The quantitative estimate of drug-likeness (QED) is 0.665. The molecule has 120 valence electrons. The lowest BCUT2D eigenvalue weighted by atomic mass is 10.1. The highest BCUT2D eigenvalue weighted by Gasteiger charge is 2.30. The summed E-state index contributed by atoms with van der Waals surface area (Å²) in [5, 5.41) is 18.0. The predicted octanol–water partition coefficient (Wildman–Crippen LogP) is 1.14. The molecule has 6 nitrogen and oxygen atoms in total. The highest BCUT2D eigenvalue weighted by molar-refractivity contribution is 7.99. The van der Waals surface area contributed by atoms with Crippen LogP contribution in [0.4, 0.5) is 0 Å². The average molecular weight is 352 g/mol. The normalized spacial score (nSPS) is 21.2. The average Bonchev–Trinajstić information content (AvgIpc) is 2.80. The highest BCUT2D eigenvalue weighted by Crippen LogP contribution is 2.43. The molecule has 1 aromatic heterocycles. The summed E-state index contributed by atoms with van der Waals surface area (Å²) in [6.07, 6.45) is 0.349. The molecule has 0 bridgehead atoms. The smallest absolute Gasteiger partial charge is 0.247 e. The Morgan fingerprint density at radius 1 is 1.62 bits per heavy atom. The van der Waals surface area contributed by atoms with Crippen molar-refractivity contribution >= 4 is 33.3 Å². The number of nitrogens with one attached hydrogen (secondary N) is 1. The maximum absolute atomic E-state index is 11.5. The van der Waals surface area contributed by atoms with E-state index in [1.54, 1.807) is 24.9 Å². The Labute approximate surface area is 133 Å². The molecule has 0 aromatic carbocycles. The number of likely N-dealkylation sites (N-methyl/N-ethyl adjacent to an activating group) is 1. The number of nitrogens with zero attached hydrogens (tertiary/aromatic N) is 1. The van der Waals surface area contributed by atoms with Gasteiger partial charge in [-0.2, -0.15) is 0 Å². The molecule has 2 rings (SSSR count).